The summed E-state index contributed by atoms with van der Waals surface area (Å²) in [7, 11) is -4.20. The summed E-state index contributed by atoms with van der Waals surface area (Å²) in [6.07, 6.45) is 0. The normalized spacial score (nSPS) is 18.3. The van der Waals surface area contributed by atoms with E-state index in [9.17, 15) is 19.3 Å². The van der Waals surface area contributed by atoms with Gasteiger partial charge >= 0.3 is 175 Å². The van der Waals surface area contributed by atoms with Gasteiger partial charge in [-0.3, -0.25) is 0 Å². The molecule has 30 heavy (non-hydrogen) atoms. The van der Waals surface area contributed by atoms with Crippen LogP contribution in [0.25, 0.3) is 0 Å². The summed E-state index contributed by atoms with van der Waals surface area (Å²) in [6, 6.07) is 0. The van der Waals surface area contributed by atoms with Gasteiger partial charge in [-0.2, -0.15) is 0 Å². The van der Waals surface area contributed by atoms with E-state index in [0.29, 0.717) is 0 Å². The van der Waals surface area contributed by atoms with Gasteiger partial charge in [0.05, 0.1) is 0 Å². The molecule has 11 nitrogen and oxygen atoms in total. The Bertz CT molecular complexity index is 623. The zero-order valence-electron chi connectivity index (χ0n) is 17.4. The molecule has 0 saturated carbocycles. The molecule has 0 aromatic heterocycles. The molecule has 1 N–H and O–H groups in total. The monoisotopic (exact) mass is 452 g/mol. The van der Waals surface area contributed by atoms with Crippen LogP contribution in [0.15, 0.2) is 24.3 Å². The summed E-state index contributed by atoms with van der Waals surface area (Å²) < 4.78 is 35.3. The molecule has 0 radical (unpaired) electrons. The molecule has 0 amide bonds. The van der Waals surface area contributed by atoms with Crippen LogP contribution < -0.4 is 0 Å². The predicted octanol–water partition coefficient (Wildman–Crippen LogP) is 1.01. The summed E-state index contributed by atoms with van der Waals surface area (Å²) in [4.78, 5) is 44.9. The zero-order chi connectivity index (χ0) is 22.8. The fourth-order valence-corrected chi connectivity index (χ4v) is 2.94. The fraction of sp³-hybridized carbons (Fsp3) is 0.611. The molecule has 1 atom stereocenters. The third-order valence-corrected chi connectivity index (χ3v) is 5.22. The third kappa shape index (κ3) is 9.75. The van der Waals surface area contributed by atoms with Crippen LogP contribution in [0.2, 0.25) is 0 Å². The second kappa shape index (κ2) is 12.1. The number of carbonyl (C=O) groups is 3. The van der Waals surface area contributed by atoms with Gasteiger partial charge in [0, 0.05) is 0 Å². The van der Waals surface area contributed by atoms with Crippen molar-refractivity contribution in [3.05, 3.63) is 24.3 Å². The first-order valence-corrected chi connectivity index (χ1v) is 10.8. The SMILES string of the molecule is C=C(C)C(=O)OCCO[PH](O)(OCCOC(=O)C(=C)C)OCCOC(=O)C1(C)CO1. The van der Waals surface area contributed by atoms with Crippen LogP contribution in [0.4, 0.5) is 0 Å². The second-order valence-electron chi connectivity index (χ2n) is 6.56. The number of ether oxygens (including phenoxy) is 4. The average Bonchev–Trinajstić information content (AvgIpc) is 3.44. The van der Waals surface area contributed by atoms with Crippen molar-refractivity contribution >= 4 is 26.1 Å². The molecule has 1 saturated heterocycles. The van der Waals surface area contributed by atoms with E-state index in [0.717, 1.165) is 0 Å². The maximum absolute atomic E-state index is 11.7. The Morgan fingerprint density at radius 1 is 0.867 bits per heavy atom. The van der Waals surface area contributed by atoms with Gasteiger partial charge in [0.25, 0.3) is 0 Å². The molecule has 1 fully saturated rings. The molecule has 1 unspecified atom stereocenters. The van der Waals surface area contributed by atoms with Gasteiger partial charge in [0.1, 0.15) is 0 Å². The molecule has 172 valence electrons. The van der Waals surface area contributed by atoms with E-state index in [1.807, 2.05) is 0 Å². The molecule has 0 spiro atoms. The van der Waals surface area contributed by atoms with Crippen molar-refractivity contribution in [1.82, 2.24) is 0 Å². The molecule has 0 aromatic rings. The van der Waals surface area contributed by atoms with Crippen LogP contribution in [-0.2, 0) is 46.9 Å². The van der Waals surface area contributed by atoms with E-state index in [1.165, 1.54) is 13.8 Å². The van der Waals surface area contributed by atoms with E-state index in [1.54, 1.807) is 6.92 Å². The molecule has 0 aromatic carbocycles. The summed E-state index contributed by atoms with van der Waals surface area (Å²) in [5.41, 5.74) is -0.505. The summed E-state index contributed by atoms with van der Waals surface area (Å²) in [5.74, 6) is -1.77. The van der Waals surface area contributed by atoms with Crippen molar-refractivity contribution < 1.29 is 51.8 Å². The van der Waals surface area contributed by atoms with Crippen molar-refractivity contribution in [3.63, 3.8) is 0 Å². The Hall–Kier alpha value is -1.88. The Kier molecular flexibility index (Phi) is 10.5. The number of esters is 3. The molecule has 1 aliphatic heterocycles. The van der Waals surface area contributed by atoms with E-state index in [4.69, 9.17) is 32.5 Å². The fourth-order valence-electron chi connectivity index (χ4n) is 1.67. The van der Waals surface area contributed by atoms with E-state index >= 15 is 0 Å². The Balaban J connectivity index is 2.43. The molecule has 1 aliphatic rings. The predicted molar refractivity (Wildman–Crippen MR) is 105 cm³/mol. The Morgan fingerprint density at radius 3 is 1.57 bits per heavy atom. The third-order valence-electron chi connectivity index (χ3n) is 3.51. The summed E-state index contributed by atoms with van der Waals surface area (Å²) in [6.45, 7) is 10.5. The minimum absolute atomic E-state index is 0.172. The first-order chi connectivity index (χ1) is 14.0. The van der Waals surface area contributed by atoms with Crippen LogP contribution in [-0.4, -0.2) is 74.7 Å². The molecular formula is C18H29O11P. The van der Waals surface area contributed by atoms with Crippen LogP contribution in [0.3, 0.4) is 0 Å². The average molecular weight is 452 g/mol. The van der Waals surface area contributed by atoms with Crippen molar-refractivity contribution in [3.8, 4) is 0 Å². The number of epoxide rings is 1. The van der Waals surface area contributed by atoms with Gasteiger partial charge in [-0.25, -0.2) is 0 Å². The quantitative estimate of drug-likeness (QED) is 0.0951. The first-order valence-electron chi connectivity index (χ1n) is 9.10. The molecular weight excluding hydrogens is 423 g/mol. The second-order valence-corrected chi connectivity index (χ2v) is 8.47. The number of rotatable bonds is 15. The summed E-state index contributed by atoms with van der Waals surface area (Å²) in [5, 5.41) is 0. The van der Waals surface area contributed by atoms with E-state index in [-0.39, 0.29) is 57.4 Å². The van der Waals surface area contributed by atoms with Gasteiger partial charge < -0.3 is 0 Å². The van der Waals surface area contributed by atoms with Crippen molar-refractivity contribution in [1.29, 1.82) is 0 Å². The Labute approximate surface area is 175 Å². The minimum atomic E-state index is -4.20. The van der Waals surface area contributed by atoms with Crippen LogP contribution >= 0.6 is 8.17 Å². The molecule has 1 heterocycles. The van der Waals surface area contributed by atoms with Crippen LogP contribution in [0.5, 0.6) is 0 Å². The van der Waals surface area contributed by atoms with Gasteiger partial charge in [-0.15, -0.1) is 0 Å². The van der Waals surface area contributed by atoms with Crippen molar-refractivity contribution in [2.45, 2.75) is 26.4 Å². The zero-order valence-corrected chi connectivity index (χ0v) is 18.4. The maximum atomic E-state index is 11.7. The van der Waals surface area contributed by atoms with Gasteiger partial charge in [0.2, 0.25) is 0 Å². The number of hydrogen-bond acceptors (Lipinski definition) is 11. The summed E-state index contributed by atoms with van der Waals surface area (Å²) >= 11 is 0. The van der Waals surface area contributed by atoms with Crippen LogP contribution in [0.1, 0.15) is 20.8 Å². The first kappa shape index (κ1) is 26.2. The number of hydrogen-bond donors (Lipinski definition) is 1. The van der Waals surface area contributed by atoms with Crippen molar-refractivity contribution in [2.75, 3.05) is 46.2 Å². The van der Waals surface area contributed by atoms with Gasteiger partial charge in [0.15, 0.2) is 0 Å². The van der Waals surface area contributed by atoms with E-state index in [2.05, 4.69) is 13.2 Å². The molecule has 0 aliphatic carbocycles. The topological polar surface area (TPSA) is 139 Å². The van der Waals surface area contributed by atoms with E-state index < -0.39 is 31.7 Å². The number of carbonyl (C=O) groups excluding carboxylic acids is 3. The van der Waals surface area contributed by atoms with Crippen LogP contribution in [0, 0.1) is 0 Å². The Morgan fingerprint density at radius 2 is 1.23 bits per heavy atom. The standard InChI is InChI=1S/C18H29O11P/c1-13(2)15(19)23-6-9-27-30(22,28-10-7-24-16(20)14(3)4)29-11-8-25-17(21)18(5)12-26-18/h22,30H,1,3,6-12H2,2,4-5H3. The van der Waals surface area contributed by atoms with Crippen molar-refractivity contribution in [2.24, 2.45) is 0 Å². The molecule has 0 bridgehead atoms. The van der Waals surface area contributed by atoms with Gasteiger partial charge in [-0.05, 0) is 0 Å². The molecule has 12 heteroatoms. The van der Waals surface area contributed by atoms with Gasteiger partial charge in [-0.1, -0.05) is 0 Å². The molecule has 1 rings (SSSR count).